The van der Waals surface area contributed by atoms with Crippen molar-refractivity contribution < 1.29 is 4.79 Å². The Morgan fingerprint density at radius 2 is 2.14 bits per heavy atom. The maximum atomic E-state index is 12.8. The van der Waals surface area contributed by atoms with E-state index >= 15 is 0 Å². The highest BCUT2D eigenvalue weighted by Gasteiger charge is 2.27. The van der Waals surface area contributed by atoms with E-state index < -0.39 is 0 Å². The largest absolute Gasteiger partial charge is 0.384 e. The average molecular weight is 288 g/mol. The zero-order valence-corrected chi connectivity index (χ0v) is 13.6. The number of nitrogens with one attached hydrogen (secondary N) is 1. The number of hydrogen-bond acceptors (Lipinski definition) is 2. The van der Waals surface area contributed by atoms with Crippen molar-refractivity contribution in [2.24, 2.45) is 5.92 Å². The van der Waals surface area contributed by atoms with Gasteiger partial charge in [-0.25, -0.2) is 0 Å². The predicted octanol–water partition coefficient (Wildman–Crippen LogP) is 4.08. The number of benzene rings is 1. The highest BCUT2D eigenvalue weighted by atomic mass is 16.2. The van der Waals surface area contributed by atoms with Gasteiger partial charge in [0.2, 0.25) is 0 Å². The van der Waals surface area contributed by atoms with Gasteiger partial charge in [0.15, 0.2) is 0 Å². The van der Waals surface area contributed by atoms with E-state index in [2.05, 4.69) is 25.2 Å². The van der Waals surface area contributed by atoms with E-state index in [0.29, 0.717) is 5.92 Å². The number of anilines is 1. The summed E-state index contributed by atoms with van der Waals surface area (Å²) in [7, 11) is 0. The molecule has 1 aliphatic rings. The number of amides is 1. The molecule has 0 saturated carbocycles. The summed E-state index contributed by atoms with van der Waals surface area (Å²) in [6.45, 7) is 9.14. The Morgan fingerprint density at radius 3 is 2.86 bits per heavy atom. The molecule has 0 bridgehead atoms. The first-order valence-corrected chi connectivity index (χ1v) is 8.29. The van der Waals surface area contributed by atoms with Crippen LogP contribution < -0.4 is 5.32 Å². The smallest absolute Gasteiger partial charge is 0.255 e. The van der Waals surface area contributed by atoms with Crippen molar-refractivity contribution in [3.05, 3.63) is 29.3 Å². The topological polar surface area (TPSA) is 32.3 Å². The van der Waals surface area contributed by atoms with Crippen LogP contribution in [0.1, 0.15) is 55.5 Å². The van der Waals surface area contributed by atoms with Crippen LogP contribution in [0.15, 0.2) is 18.2 Å². The highest BCUT2D eigenvalue weighted by molar-refractivity contribution is 6.00. The Morgan fingerprint density at radius 1 is 1.33 bits per heavy atom. The van der Waals surface area contributed by atoms with Crippen LogP contribution in [0.5, 0.6) is 0 Å². The van der Waals surface area contributed by atoms with Gasteiger partial charge in [0.1, 0.15) is 0 Å². The Hall–Kier alpha value is -1.51. The maximum absolute atomic E-state index is 12.8. The Labute approximate surface area is 128 Å². The van der Waals surface area contributed by atoms with E-state index in [1.165, 1.54) is 12.8 Å². The quantitative estimate of drug-likeness (QED) is 0.855. The molecule has 1 saturated heterocycles. The summed E-state index contributed by atoms with van der Waals surface area (Å²) in [5.74, 6) is 0.881. The van der Waals surface area contributed by atoms with E-state index in [0.717, 1.165) is 49.3 Å². The summed E-state index contributed by atoms with van der Waals surface area (Å²) in [4.78, 5) is 14.9. The van der Waals surface area contributed by atoms with Crippen LogP contribution in [-0.4, -0.2) is 30.4 Å². The lowest BCUT2D eigenvalue weighted by Gasteiger charge is -2.19. The van der Waals surface area contributed by atoms with Crippen LogP contribution in [0.25, 0.3) is 0 Å². The van der Waals surface area contributed by atoms with Crippen molar-refractivity contribution in [3.63, 3.8) is 0 Å². The van der Waals surface area contributed by atoms with E-state index in [9.17, 15) is 4.79 Å². The highest BCUT2D eigenvalue weighted by Crippen LogP contribution is 2.25. The second-order valence-electron chi connectivity index (χ2n) is 6.17. The minimum Gasteiger partial charge on any atom is -0.384 e. The van der Waals surface area contributed by atoms with Crippen molar-refractivity contribution in [1.82, 2.24) is 4.90 Å². The van der Waals surface area contributed by atoms with Gasteiger partial charge in [-0.3, -0.25) is 4.79 Å². The second-order valence-corrected chi connectivity index (χ2v) is 6.17. The lowest BCUT2D eigenvalue weighted by atomic mass is 10.0. The van der Waals surface area contributed by atoms with Crippen molar-refractivity contribution in [3.8, 4) is 0 Å². The van der Waals surface area contributed by atoms with Gasteiger partial charge >= 0.3 is 0 Å². The molecule has 0 aromatic heterocycles. The molecule has 1 aromatic rings. The molecule has 1 heterocycles. The zero-order valence-electron chi connectivity index (χ0n) is 13.6. The van der Waals surface area contributed by atoms with Crippen LogP contribution in [0.2, 0.25) is 0 Å². The maximum Gasteiger partial charge on any atom is 0.255 e. The molecule has 3 heteroatoms. The zero-order chi connectivity index (χ0) is 15.2. The van der Waals surface area contributed by atoms with Crippen molar-refractivity contribution in [1.29, 1.82) is 0 Å². The van der Waals surface area contributed by atoms with Crippen molar-refractivity contribution >= 4 is 11.6 Å². The molecule has 1 unspecified atom stereocenters. The SMILES string of the molecule is CCCNc1ccc(C)cc1C(=O)N1CCC(CCC)C1. The number of nitrogens with zero attached hydrogens (tertiary/aromatic N) is 1. The molecule has 116 valence electrons. The fraction of sp³-hybridized carbons (Fsp3) is 0.611. The van der Waals surface area contributed by atoms with Crippen molar-refractivity contribution in [2.45, 2.75) is 46.5 Å². The van der Waals surface area contributed by atoms with Gasteiger partial charge in [-0.05, 0) is 44.2 Å². The molecule has 1 fully saturated rings. The number of carbonyl (C=O) groups is 1. The lowest BCUT2D eigenvalue weighted by molar-refractivity contribution is 0.0787. The fourth-order valence-corrected chi connectivity index (χ4v) is 3.08. The van der Waals surface area contributed by atoms with E-state index in [4.69, 9.17) is 0 Å². The summed E-state index contributed by atoms with van der Waals surface area (Å²) < 4.78 is 0. The summed E-state index contributed by atoms with van der Waals surface area (Å²) in [5, 5.41) is 3.38. The molecule has 0 radical (unpaired) electrons. The molecule has 1 N–H and O–H groups in total. The molecule has 1 aliphatic heterocycles. The van der Waals surface area contributed by atoms with E-state index in [1.54, 1.807) is 0 Å². The first-order valence-electron chi connectivity index (χ1n) is 8.29. The fourth-order valence-electron chi connectivity index (χ4n) is 3.08. The van der Waals surface area contributed by atoms with Gasteiger partial charge in [-0.1, -0.05) is 31.9 Å². The van der Waals surface area contributed by atoms with Gasteiger partial charge in [0.05, 0.1) is 5.56 Å². The molecule has 3 nitrogen and oxygen atoms in total. The number of hydrogen-bond donors (Lipinski definition) is 1. The molecular formula is C18H28N2O. The molecule has 21 heavy (non-hydrogen) atoms. The summed E-state index contributed by atoms with van der Waals surface area (Å²) in [5.41, 5.74) is 2.96. The average Bonchev–Trinajstić information content (AvgIpc) is 2.94. The summed E-state index contributed by atoms with van der Waals surface area (Å²) in [6.07, 6.45) is 4.66. The standard InChI is InChI=1S/C18H28N2O/c1-4-6-15-9-11-20(13-15)18(21)16-12-14(3)7-8-17(16)19-10-5-2/h7-8,12,15,19H,4-6,9-11,13H2,1-3H3. The lowest BCUT2D eigenvalue weighted by Crippen LogP contribution is -2.29. The third-order valence-corrected chi connectivity index (χ3v) is 4.24. The Kier molecular flexibility index (Phi) is 5.66. The Balaban J connectivity index is 2.12. The van der Waals surface area contributed by atoms with Crippen LogP contribution in [0.4, 0.5) is 5.69 Å². The minimum atomic E-state index is 0.191. The number of rotatable bonds is 6. The van der Waals surface area contributed by atoms with Crippen molar-refractivity contribution in [2.75, 3.05) is 25.0 Å². The number of carbonyl (C=O) groups excluding carboxylic acids is 1. The van der Waals surface area contributed by atoms with Gasteiger partial charge in [-0.15, -0.1) is 0 Å². The molecule has 0 aliphatic carbocycles. The van der Waals surface area contributed by atoms with Crippen LogP contribution in [0, 0.1) is 12.8 Å². The van der Waals surface area contributed by atoms with Gasteiger partial charge in [0, 0.05) is 25.3 Å². The molecular weight excluding hydrogens is 260 g/mol. The molecule has 1 atom stereocenters. The third kappa shape index (κ3) is 3.99. The monoisotopic (exact) mass is 288 g/mol. The predicted molar refractivity (Wildman–Crippen MR) is 88.9 cm³/mol. The van der Waals surface area contributed by atoms with Crippen LogP contribution >= 0.6 is 0 Å². The van der Waals surface area contributed by atoms with Crippen LogP contribution in [-0.2, 0) is 0 Å². The Bertz CT molecular complexity index is 484. The second kappa shape index (κ2) is 7.48. The van der Waals surface area contributed by atoms with E-state index in [-0.39, 0.29) is 5.91 Å². The number of aryl methyl sites for hydroxylation is 1. The van der Waals surface area contributed by atoms with Crippen LogP contribution in [0.3, 0.4) is 0 Å². The summed E-state index contributed by atoms with van der Waals surface area (Å²) >= 11 is 0. The minimum absolute atomic E-state index is 0.191. The normalized spacial score (nSPS) is 18.0. The molecule has 1 aromatic carbocycles. The van der Waals surface area contributed by atoms with Gasteiger partial charge in [0.25, 0.3) is 5.91 Å². The number of likely N-dealkylation sites (tertiary alicyclic amines) is 1. The molecule has 2 rings (SSSR count). The van der Waals surface area contributed by atoms with Gasteiger partial charge in [-0.2, -0.15) is 0 Å². The summed E-state index contributed by atoms with van der Waals surface area (Å²) in [6, 6.07) is 6.13. The third-order valence-electron chi connectivity index (χ3n) is 4.24. The van der Waals surface area contributed by atoms with E-state index in [1.807, 2.05) is 24.0 Å². The molecule has 1 amide bonds. The first kappa shape index (κ1) is 15.9. The molecule has 0 spiro atoms. The first-order chi connectivity index (χ1) is 10.2. The van der Waals surface area contributed by atoms with Gasteiger partial charge < -0.3 is 10.2 Å².